The van der Waals surface area contributed by atoms with Crippen LogP contribution in [0.4, 0.5) is 5.69 Å². The van der Waals surface area contributed by atoms with Gasteiger partial charge in [0.25, 0.3) is 0 Å². The molecule has 2 aliphatic rings. The van der Waals surface area contributed by atoms with E-state index >= 15 is 0 Å². The Labute approximate surface area is 158 Å². The van der Waals surface area contributed by atoms with Crippen molar-refractivity contribution in [2.24, 2.45) is 0 Å². The molecule has 5 heteroatoms. The van der Waals surface area contributed by atoms with E-state index in [4.69, 9.17) is 5.10 Å². The first-order valence-corrected chi connectivity index (χ1v) is 9.65. The van der Waals surface area contributed by atoms with Gasteiger partial charge >= 0.3 is 0 Å². The zero-order valence-electron chi connectivity index (χ0n) is 15.1. The maximum absolute atomic E-state index is 12.2. The zero-order chi connectivity index (χ0) is 18.2. The Morgan fingerprint density at radius 1 is 1.07 bits per heavy atom. The topological polar surface area (TPSA) is 59.8 Å². The number of carbonyl (C=O) groups is 1. The zero-order valence-corrected chi connectivity index (χ0v) is 15.1. The smallest absolute Gasteiger partial charge is 0.228 e. The van der Waals surface area contributed by atoms with Crippen LogP contribution in [0, 0.1) is 0 Å². The van der Waals surface area contributed by atoms with Crippen LogP contribution in [0.15, 0.2) is 54.9 Å². The van der Waals surface area contributed by atoms with E-state index in [0.29, 0.717) is 18.3 Å². The largest absolute Gasteiger partial charge is 0.326 e. The number of carbonyl (C=O) groups excluding carboxylic acids is 1. The maximum Gasteiger partial charge on any atom is 0.228 e. The van der Waals surface area contributed by atoms with Crippen LogP contribution >= 0.6 is 0 Å². The number of pyridine rings is 1. The number of benzene rings is 1. The first kappa shape index (κ1) is 16.2. The normalized spacial score (nSPS) is 16.3. The second kappa shape index (κ2) is 6.65. The summed E-state index contributed by atoms with van der Waals surface area (Å²) in [6, 6.07) is 14.0. The Morgan fingerprint density at radius 3 is 2.52 bits per heavy atom. The summed E-state index contributed by atoms with van der Waals surface area (Å²) in [6.07, 6.45) is 8.81. The van der Waals surface area contributed by atoms with Crippen molar-refractivity contribution < 1.29 is 4.79 Å². The van der Waals surface area contributed by atoms with Crippen molar-refractivity contribution in [2.45, 2.75) is 43.9 Å². The molecule has 2 aromatic heterocycles. The summed E-state index contributed by atoms with van der Waals surface area (Å²) < 4.78 is 2.10. The summed E-state index contributed by atoms with van der Waals surface area (Å²) in [5.74, 6) is 1.28. The number of amides is 1. The number of hydrogen-bond acceptors (Lipinski definition) is 3. The van der Waals surface area contributed by atoms with E-state index in [2.05, 4.69) is 21.0 Å². The molecule has 0 aliphatic heterocycles. The third-order valence-electron chi connectivity index (χ3n) is 5.23. The molecule has 2 aliphatic carbocycles. The Balaban J connectivity index is 1.31. The Kier molecular flexibility index (Phi) is 4.00. The summed E-state index contributed by atoms with van der Waals surface area (Å²) in [6.45, 7) is 0. The van der Waals surface area contributed by atoms with Gasteiger partial charge in [-0.05, 0) is 67.6 Å². The second-order valence-electron chi connectivity index (χ2n) is 7.59. The van der Waals surface area contributed by atoms with Crippen LogP contribution in [0.3, 0.4) is 0 Å². The highest BCUT2D eigenvalue weighted by Crippen LogP contribution is 2.45. The van der Waals surface area contributed by atoms with Crippen LogP contribution in [-0.2, 0) is 11.2 Å². The van der Waals surface area contributed by atoms with Crippen molar-refractivity contribution in [2.75, 3.05) is 5.32 Å². The third kappa shape index (κ3) is 3.63. The lowest BCUT2D eigenvalue weighted by Gasteiger charge is -2.09. The molecule has 2 fully saturated rings. The molecule has 0 atom stereocenters. The number of rotatable bonds is 6. The highest BCUT2D eigenvalue weighted by atomic mass is 16.1. The van der Waals surface area contributed by atoms with Crippen LogP contribution in [0.25, 0.3) is 5.69 Å². The van der Waals surface area contributed by atoms with E-state index in [9.17, 15) is 4.79 Å². The first-order chi connectivity index (χ1) is 13.3. The van der Waals surface area contributed by atoms with E-state index < -0.39 is 0 Å². The molecule has 0 spiro atoms. The van der Waals surface area contributed by atoms with E-state index in [-0.39, 0.29) is 5.91 Å². The van der Waals surface area contributed by atoms with Gasteiger partial charge in [0.05, 0.1) is 17.8 Å². The Bertz CT molecular complexity index is 954. The van der Waals surface area contributed by atoms with Gasteiger partial charge in [-0.25, -0.2) is 4.68 Å². The molecular formula is C22H22N4O. The molecule has 1 amide bonds. The van der Waals surface area contributed by atoms with Crippen molar-refractivity contribution in [3.63, 3.8) is 0 Å². The summed E-state index contributed by atoms with van der Waals surface area (Å²) in [7, 11) is 0. The highest BCUT2D eigenvalue weighted by Gasteiger charge is 2.32. The molecule has 0 bridgehead atoms. The van der Waals surface area contributed by atoms with Gasteiger partial charge in [0.2, 0.25) is 5.91 Å². The standard InChI is InChI=1S/C22H22N4O/c27-22(12-15-2-1-11-23-14-15)24-18-7-9-19(10-8-18)26-21(17-5-6-17)13-20(25-26)16-3-4-16/h1-2,7-11,13-14,16-17H,3-6,12H2,(H,24,27). The van der Waals surface area contributed by atoms with Gasteiger partial charge in [0.15, 0.2) is 0 Å². The Hall–Kier alpha value is -2.95. The lowest BCUT2D eigenvalue weighted by molar-refractivity contribution is -0.115. The molecule has 5 nitrogen and oxygen atoms in total. The fourth-order valence-corrected chi connectivity index (χ4v) is 3.45. The van der Waals surface area contributed by atoms with Crippen molar-refractivity contribution >= 4 is 11.6 Å². The van der Waals surface area contributed by atoms with Gasteiger partial charge in [0.1, 0.15) is 0 Å². The number of nitrogens with zero attached hydrogens (tertiary/aromatic N) is 3. The molecule has 0 radical (unpaired) electrons. The quantitative estimate of drug-likeness (QED) is 0.718. The summed E-state index contributed by atoms with van der Waals surface area (Å²) in [5, 5.41) is 7.83. The van der Waals surface area contributed by atoms with Crippen LogP contribution in [-0.4, -0.2) is 20.7 Å². The minimum Gasteiger partial charge on any atom is -0.326 e. The van der Waals surface area contributed by atoms with E-state index in [1.54, 1.807) is 12.4 Å². The summed E-state index contributed by atoms with van der Waals surface area (Å²) >= 11 is 0. The number of anilines is 1. The molecule has 0 saturated heterocycles. The molecule has 5 rings (SSSR count). The molecule has 136 valence electrons. The van der Waals surface area contributed by atoms with E-state index in [1.165, 1.54) is 37.1 Å². The predicted molar refractivity (Wildman–Crippen MR) is 104 cm³/mol. The fraction of sp³-hybridized carbons (Fsp3) is 0.318. The van der Waals surface area contributed by atoms with Gasteiger partial charge < -0.3 is 5.32 Å². The molecule has 27 heavy (non-hydrogen) atoms. The summed E-state index contributed by atoms with van der Waals surface area (Å²) in [5.41, 5.74) is 5.35. The number of nitrogens with one attached hydrogen (secondary N) is 1. The van der Waals surface area contributed by atoms with Gasteiger partial charge in [-0.15, -0.1) is 0 Å². The lowest BCUT2D eigenvalue weighted by Crippen LogP contribution is -2.14. The minimum atomic E-state index is -0.0375. The van der Waals surface area contributed by atoms with E-state index in [0.717, 1.165) is 16.9 Å². The van der Waals surface area contributed by atoms with Crippen LogP contribution in [0.1, 0.15) is 54.5 Å². The molecule has 1 N–H and O–H groups in total. The predicted octanol–water partition coefficient (Wildman–Crippen LogP) is 4.20. The van der Waals surface area contributed by atoms with Crippen molar-refractivity contribution in [1.82, 2.24) is 14.8 Å². The molecule has 2 saturated carbocycles. The van der Waals surface area contributed by atoms with Crippen molar-refractivity contribution in [3.05, 3.63) is 71.8 Å². The number of aromatic nitrogens is 3. The minimum absolute atomic E-state index is 0.0375. The average Bonchev–Trinajstić information content (AvgIpc) is 3.62. The van der Waals surface area contributed by atoms with Crippen LogP contribution in [0.2, 0.25) is 0 Å². The highest BCUT2D eigenvalue weighted by molar-refractivity contribution is 5.92. The molecular weight excluding hydrogens is 336 g/mol. The van der Waals surface area contributed by atoms with Gasteiger partial charge in [0, 0.05) is 35.6 Å². The van der Waals surface area contributed by atoms with Gasteiger partial charge in [-0.2, -0.15) is 5.10 Å². The first-order valence-electron chi connectivity index (χ1n) is 9.65. The van der Waals surface area contributed by atoms with Gasteiger partial charge in [-0.3, -0.25) is 9.78 Å². The van der Waals surface area contributed by atoms with Gasteiger partial charge in [-0.1, -0.05) is 6.07 Å². The SMILES string of the molecule is O=C(Cc1cccnc1)Nc1ccc(-n2nc(C3CC3)cc2C2CC2)cc1. The molecule has 3 aromatic rings. The molecule has 1 aromatic carbocycles. The van der Waals surface area contributed by atoms with Crippen molar-refractivity contribution in [1.29, 1.82) is 0 Å². The molecule has 0 unspecified atom stereocenters. The average molecular weight is 358 g/mol. The third-order valence-corrected chi connectivity index (χ3v) is 5.23. The monoisotopic (exact) mass is 358 g/mol. The maximum atomic E-state index is 12.2. The molecule has 2 heterocycles. The summed E-state index contributed by atoms with van der Waals surface area (Å²) in [4.78, 5) is 16.3. The van der Waals surface area contributed by atoms with Crippen molar-refractivity contribution in [3.8, 4) is 5.69 Å². The van der Waals surface area contributed by atoms with E-state index in [1.807, 2.05) is 36.4 Å². The number of hydrogen-bond donors (Lipinski definition) is 1. The van der Waals surface area contributed by atoms with Crippen LogP contribution < -0.4 is 5.32 Å². The van der Waals surface area contributed by atoms with Crippen LogP contribution in [0.5, 0.6) is 0 Å². The Morgan fingerprint density at radius 2 is 1.85 bits per heavy atom. The fourth-order valence-electron chi connectivity index (χ4n) is 3.45. The second-order valence-corrected chi connectivity index (χ2v) is 7.59. The lowest BCUT2D eigenvalue weighted by atomic mass is 10.2.